The highest BCUT2D eigenvalue weighted by atomic mass is 35.6. The van der Waals surface area contributed by atoms with Crippen LogP contribution >= 0.6 is 69.6 Å². The van der Waals surface area contributed by atoms with Crippen molar-refractivity contribution in [2.45, 2.75) is 71.7 Å². The van der Waals surface area contributed by atoms with Gasteiger partial charge in [-0.05, 0) is 46.5 Å². The maximum Gasteiger partial charge on any atom is 0.408 e. The van der Waals surface area contributed by atoms with Gasteiger partial charge in [0.15, 0.2) is 7.59 Å². The quantitative estimate of drug-likeness (QED) is 0.437. The number of aliphatic hydroxyl groups excluding tert-OH is 1. The number of nitrogens with one attached hydrogen (secondary N) is 1. The molecule has 7 nitrogen and oxygen atoms in total. The normalized spacial score (nSPS) is 18.8. The third-order valence-electron chi connectivity index (χ3n) is 3.81. The van der Waals surface area contributed by atoms with Crippen LogP contribution in [0.5, 0.6) is 0 Å². The number of alkyl carbamates (subject to hydrolysis) is 1. The van der Waals surface area contributed by atoms with Gasteiger partial charge in [0.2, 0.25) is 0 Å². The highest BCUT2D eigenvalue weighted by Crippen LogP contribution is 2.35. The molecule has 2 N–H and O–H groups in total. The minimum absolute atomic E-state index is 0.0140. The fourth-order valence-corrected chi connectivity index (χ4v) is 3.26. The summed E-state index contributed by atoms with van der Waals surface area (Å²) < 4.78 is 1.82. The number of alkyl halides is 6. The molecule has 0 unspecified atom stereocenters. The SMILES string of the molecule is CC(C)(C)OC(=O)N[C@H](CCC(Cl)(Cl)Cl)C(=O)N1C(=O)C=C(O)[C@H]1CCC(Cl)(Cl)Cl. The van der Waals surface area contributed by atoms with Gasteiger partial charge in [0.05, 0.1) is 6.04 Å². The molecule has 172 valence electrons. The van der Waals surface area contributed by atoms with Gasteiger partial charge in [-0.1, -0.05) is 69.6 Å². The van der Waals surface area contributed by atoms with Gasteiger partial charge in [0.25, 0.3) is 11.8 Å². The number of carbonyl (C=O) groups excluding carboxylic acids is 3. The lowest BCUT2D eigenvalue weighted by molar-refractivity contribution is -0.144. The van der Waals surface area contributed by atoms with E-state index in [9.17, 15) is 19.5 Å². The van der Waals surface area contributed by atoms with Crippen molar-refractivity contribution < 1.29 is 24.2 Å². The summed E-state index contributed by atoms with van der Waals surface area (Å²) in [7, 11) is 0. The Balaban J connectivity index is 3.06. The van der Waals surface area contributed by atoms with Crippen LogP contribution < -0.4 is 5.32 Å². The largest absolute Gasteiger partial charge is 0.510 e. The third-order valence-corrected chi connectivity index (χ3v) is 4.94. The van der Waals surface area contributed by atoms with E-state index in [1.54, 1.807) is 20.8 Å². The van der Waals surface area contributed by atoms with Crippen LogP contribution in [0, 0.1) is 0 Å². The summed E-state index contributed by atoms with van der Waals surface area (Å²) in [6.07, 6.45) is -0.289. The van der Waals surface area contributed by atoms with Crippen molar-refractivity contribution in [3.63, 3.8) is 0 Å². The van der Waals surface area contributed by atoms with Crippen molar-refractivity contribution in [1.82, 2.24) is 10.2 Å². The van der Waals surface area contributed by atoms with Crippen molar-refractivity contribution in [2.24, 2.45) is 0 Å². The van der Waals surface area contributed by atoms with E-state index in [1.165, 1.54) is 0 Å². The predicted octanol–water partition coefficient (Wildman–Crippen LogP) is 5.36. The third kappa shape index (κ3) is 9.88. The molecule has 0 bridgehead atoms. The Morgan fingerprint density at radius 1 is 1.13 bits per heavy atom. The molecule has 1 aliphatic rings. The van der Waals surface area contributed by atoms with E-state index in [1.807, 2.05) is 0 Å². The van der Waals surface area contributed by atoms with E-state index in [-0.39, 0.29) is 31.4 Å². The lowest BCUT2D eigenvalue weighted by Crippen LogP contribution is -2.53. The zero-order chi connectivity index (χ0) is 23.5. The maximum absolute atomic E-state index is 13.1. The number of ether oxygens (including phenoxy) is 1. The second kappa shape index (κ2) is 10.5. The first kappa shape index (κ1) is 27.7. The number of hydrogen-bond donors (Lipinski definition) is 2. The number of aliphatic hydroxyl groups is 1. The van der Waals surface area contributed by atoms with Gasteiger partial charge in [-0.3, -0.25) is 14.5 Å². The number of halogens is 6. The van der Waals surface area contributed by atoms with Crippen molar-refractivity contribution in [3.05, 3.63) is 11.8 Å². The molecule has 0 aliphatic carbocycles. The Bertz CT molecular complexity index is 696. The molecule has 0 aromatic carbocycles. The molecule has 0 fully saturated rings. The first-order valence-electron chi connectivity index (χ1n) is 8.80. The Labute approximate surface area is 204 Å². The molecule has 0 radical (unpaired) electrons. The lowest BCUT2D eigenvalue weighted by Gasteiger charge is -2.30. The molecule has 3 amide bonds. The van der Waals surface area contributed by atoms with Gasteiger partial charge >= 0.3 is 6.09 Å². The highest BCUT2D eigenvalue weighted by molar-refractivity contribution is 6.67. The van der Waals surface area contributed by atoms with Crippen LogP contribution in [0.2, 0.25) is 0 Å². The van der Waals surface area contributed by atoms with E-state index in [4.69, 9.17) is 74.3 Å². The standard InChI is InChI=1S/C17H22Cl6N2O5/c1-15(2,3)30-14(29)24-9(4-6-16(18,19)20)13(28)25-10(5-7-17(21,22)23)11(26)8-12(25)27/h8-10,26H,4-7H2,1-3H3,(H,24,29)/t9-,10-/m1/s1. The highest BCUT2D eigenvalue weighted by Gasteiger charge is 2.42. The number of rotatable bonds is 6. The molecule has 0 saturated heterocycles. The summed E-state index contributed by atoms with van der Waals surface area (Å²) >= 11 is 34.5. The Kier molecular flexibility index (Phi) is 9.74. The van der Waals surface area contributed by atoms with Crippen molar-refractivity contribution in [1.29, 1.82) is 0 Å². The molecule has 1 rings (SSSR count). The second-order valence-corrected chi connectivity index (χ2v) is 12.7. The summed E-state index contributed by atoms with van der Waals surface area (Å²) in [5.41, 5.74) is -0.830. The number of amides is 3. The van der Waals surface area contributed by atoms with Crippen LogP contribution in [0.4, 0.5) is 4.79 Å². The fourth-order valence-electron chi connectivity index (χ4n) is 2.60. The Hall–Kier alpha value is -0.310. The molecule has 13 heteroatoms. The number of nitrogens with zero attached hydrogens (tertiary/aromatic N) is 1. The smallest absolute Gasteiger partial charge is 0.408 e. The molecule has 0 saturated carbocycles. The van der Waals surface area contributed by atoms with Gasteiger partial charge in [-0.2, -0.15) is 0 Å². The summed E-state index contributed by atoms with van der Waals surface area (Å²) in [5.74, 6) is -1.97. The Morgan fingerprint density at radius 3 is 2.13 bits per heavy atom. The summed E-state index contributed by atoms with van der Waals surface area (Å²) in [4.78, 5) is 38.4. The van der Waals surface area contributed by atoms with Crippen molar-refractivity contribution in [2.75, 3.05) is 0 Å². The molecule has 2 atom stereocenters. The van der Waals surface area contributed by atoms with Crippen molar-refractivity contribution >= 4 is 87.5 Å². The monoisotopic (exact) mass is 544 g/mol. The topological polar surface area (TPSA) is 95.9 Å². The number of hydrogen-bond acceptors (Lipinski definition) is 5. The van der Waals surface area contributed by atoms with E-state index < -0.39 is 43.2 Å². The van der Waals surface area contributed by atoms with Gasteiger partial charge in [0.1, 0.15) is 17.4 Å². The van der Waals surface area contributed by atoms with Crippen LogP contribution in [-0.4, -0.2) is 53.2 Å². The number of imide groups is 1. The van der Waals surface area contributed by atoms with Gasteiger partial charge in [-0.25, -0.2) is 4.79 Å². The van der Waals surface area contributed by atoms with E-state index in [2.05, 4.69) is 5.32 Å². The molecular formula is C17H22Cl6N2O5. The summed E-state index contributed by atoms with van der Waals surface area (Å²) in [5, 5.41) is 12.5. The maximum atomic E-state index is 13.1. The summed E-state index contributed by atoms with van der Waals surface area (Å²) in [6, 6.07) is -2.33. The van der Waals surface area contributed by atoms with E-state index in [0.29, 0.717) is 0 Å². The average Bonchev–Trinajstić information content (AvgIpc) is 2.79. The van der Waals surface area contributed by atoms with E-state index >= 15 is 0 Å². The van der Waals surface area contributed by atoms with Crippen LogP contribution in [0.3, 0.4) is 0 Å². The van der Waals surface area contributed by atoms with Crippen LogP contribution in [0.25, 0.3) is 0 Å². The molecule has 0 aromatic rings. The lowest BCUT2D eigenvalue weighted by atomic mass is 10.1. The molecule has 0 aromatic heterocycles. The molecular weight excluding hydrogens is 525 g/mol. The van der Waals surface area contributed by atoms with Gasteiger partial charge in [-0.15, -0.1) is 0 Å². The van der Waals surface area contributed by atoms with E-state index in [0.717, 1.165) is 11.0 Å². The summed E-state index contributed by atoms with van der Waals surface area (Å²) in [6.45, 7) is 4.93. The van der Waals surface area contributed by atoms with Gasteiger partial charge < -0.3 is 15.2 Å². The predicted molar refractivity (Wildman–Crippen MR) is 119 cm³/mol. The van der Waals surface area contributed by atoms with Gasteiger partial charge in [0, 0.05) is 6.08 Å². The molecule has 1 heterocycles. The van der Waals surface area contributed by atoms with Crippen molar-refractivity contribution in [3.8, 4) is 0 Å². The fraction of sp³-hybridized carbons (Fsp3) is 0.706. The minimum Gasteiger partial charge on any atom is -0.510 e. The average molecular weight is 547 g/mol. The molecule has 30 heavy (non-hydrogen) atoms. The molecule has 1 aliphatic heterocycles. The zero-order valence-corrected chi connectivity index (χ0v) is 20.9. The van der Waals surface area contributed by atoms with Crippen LogP contribution in [0.15, 0.2) is 11.8 Å². The number of carbonyl (C=O) groups is 3. The first-order chi connectivity index (χ1) is 13.4. The van der Waals surface area contributed by atoms with Crippen LogP contribution in [0.1, 0.15) is 46.5 Å². The minimum atomic E-state index is -1.70. The van der Waals surface area contributed by atoms with Crippen LogP contribution in [-0.2, 0) is 14.3 Å². The zero-order valence-electron chi connectivity index (χ0n) is 16.4. The molecule has 0 spiro atoms. The second-order valence-electron chi connectivity index (χ2n) is 7.64. The first-order valence-corrected chi connectivity index (χ1v) is 11.1. The Morgan fingerprint density at radius 2 is 1.67 bits per heavy atom.